The van der Waals surface area contributed by atoms with Crippen LogP contribution in [-0.2, 0) is 6.54 Å². The lowest BCUT2D eigenvalue weighted by Crippen LogP contribution is -2.33. The Morgan fingerprint density at radius 2 is 2.00 bits per heavy atom. The zero-order valence-electron chi connectivity index (χ0n) is 12.2. The Hall–Kier alpha value is -1.06. The van der Waals surface area contributed by atoms with Crippen molar-refractivity contribution in [3.05, 3.63) is 29.3 Å². The molecule has 19 heavy (non-hydrogen) atoms. The van der Waals surface area contributed by atoms with Crippen molar-refractivity contribution in [1.29, 1.82) is 0 Å². The summed E-state index contributed by atoms with van der Waals surface area (Å²) in [4.78, 5) is 2.51. The van der Waals surface area contributed by atoms with Crippen LogP contribution in [-0.4, -0.2) is 38.2 Å². The van der Waals surface area contributed by atoms with Crippen LogP contribution in [0.15, 0.2) is 18.2 Å². The van der Waals surface area contributed by atoms with Crippen LogP contribution in [0.3, 0.4) is 0 Å². The van der Waals surface area contributed by atoms with Crippen molar-refractivity contribution in [3.63, 3.8) is 0 Å². The minimum Gasteiger partial charge on any atom is -0.492 e. The van der Waals surface area contributed by atoms with E-state index in [9.17, 15) is 0 Å². The van der Waals surface area contributed by atoms with E-state index in [0.29, 0.717) is 0 Å². The van der Waals surface area contributed by atoms with Gasteiger partial charge in [-0.3, -0.25) is 4.90 Å². The zero-order valence-corrected chi connectivity index (χ0v) is 12.2. The van der Waals surface area contributed by atoms with Gasteiger partial charge in [0, 0.05) is 18.7 Å². The maximum atomic E-state index is 5.97. The molecule has 1 aromatic rings. The first-order chi connectivity index (χ1) is 9.29. The molecule has 1 heterocycles. The fraction of sp³-hybridized carbons (Fsp3) is 0.625. The highest BCUT2D eigenvalue weighted by Gasteiger charge is 2.10. The highest BCUT2D eigenvalue weighted by molar-refractivity contribution is 5.36. The van der Waals surface area contributed by atoms with Crippen LogP contribution < -0.4 is 10.1 Å². The molecule has 1 fully saturated rings. The van der Waals surface area contributed by atoms with Gasteiger partial charge in [-0.1, -0.05) is 24.1 Å². The molecule has 1 aliphatic rings. The summed E-state index contributed by atoms with van der Waals surface area (Å²) in [5, 5.41) is 3.20. The Kier molecular flexibility index (Phi) is 5.67. The second-order valence-corrected chi connectivity index (χ2v) is 5.39. The van der Waals surface area contributed by atoms with Crippen LogP contribution in [0, 0.1) is 6.92 Å². The van der Waals surface area contributed by atoms with Crippen LogP contribution in [0.5, 0.6) is 5.75 Å². The van der Waals surface area contributed by atoms with Crippen molar-refractivity contribution < 1.29 is 4.74 Å². The Morgan fingerprint density at radius 1 is 1.21 bits per heavy atom. The first kappa shape index (κ1) is 14.4. The second kappa shape index (κ2) is 7.51. The molecule has 0 saturated carbocycles. The number of benzene rings is 1. The van der Waals surface area contributed by atoms with E-state index in [1.54, 1.807) is 0 Å². The minimum absolute atomic E-state index is 0.791. The van der Waals surface area contributed by atoms with Crippen molar-refractivity contribution in [3.8, 4) is 5.75 Å². The first-order valence-electron chi connectivity index (χ1n) is 7.39. The van der Waals surface area contributed by atoms with Crippen LogP contribution >= 0.6 is 0 Å². The molecular formula is C16H26N2O. The van der Waals surface area contributed by atoms with E-state index in [1.165, 1.54) is 43.5 Å². The summed E-state index contributed by atoms with van der Waals surface area (Å²) in [6.07, 6.45) is 4.08. The molecule has 0 unspecified atom stereocenters. The van der Waals surface area contributed by atoms with E-state index >= 15 is 0 Å². The molecule has 0 spiro atoms. The smallest absolute Gasteiger partial charge is 0.123 e. The third-order valence-electron chi connectivity index (χ3n) is 3.70. The molecule has 1 saturated heterocycles. The Labute approximate surface area is 116 Å². The molecule has 1 aliphatic heterocycles. The van der Waals surface area contributed by atoms with Crippen molar-refractivity contribution in [2.24, 2.45) is 0 Å². The SMILES string of the molecule is CNCc1cc(C)ccc1OCCN1CCCCC1. The fourth-order valence-electron chi connectivity index (χ4n) is 2.65. The lowest BCUT2D eigenvalue weighted by molar-refractivity contribution is 0.182. The molecule has 0 aromatic heterocycles. The van der Waals surface area contributed by atoms with Crippen LogP contribution in [0.4, 0.5) is 0 Å². The van der Waals surface area contributed by atoms with E-state index in [-0.39, 0.29) is 0 Å². The largest absolute Gasteiger partial charge is 0.492 e. The number of aryl methyl sites for hydroxylation is 1. The molecule has 0 amide bonds. The number of piperidine rings is 1. The third kappa shape index (κ3) is 4.51. The normalized spacial score (nSPS) is 16.5. The number of likely N-dealkylation sites (tertiary alicyclic amines) is 1. The predicted octanol–water partition coefficient (Wildman–Crippen LogP) is 2.58. The molecule has 1 aromatic carbocycles. The fourth-order valence-corrected chi connectivity index (χ4v) is 2.65. The van der Waals surface area contributed by atoms with Crippen molar-refractivity contribution >= 4 is 0 Å². The maximum absolute atomic E-state index is 5.97. The van der Waals surface area contributed by atoms with Gasteiger partial charge in [-0.05, 0) is 46.0 Å². The molecule has 2 rings (SSSR count). The molecule has 0 aliphatic carbocycles. The topological polar surface area (TPSA) is 24.5 Å². The van der Waals surface area contributed by atoms with Gasteiger partial charge in [0.15, 0.2) is 0 Å². The van der Waals surface area contributed by atoms with Gasteiger partial charge in [0.25, 0.3) is 0 Å². The van der Waals surface area contributed by atoms with Gasteiger partial charge in [-0.15, -0.1) is 0 Å². The van der Waals surface area contributed by atoms with Gasteiger partial charge in [0.1, 0.15) is 12.4 Å². The molecule has 1 N–H and O–H groups in total. The Morgan fingerprint density at radius 3 is 2.74 bits per heavy atom. The maximum Gasteiger partial charge on any atom is 0.123 e. The predicted molar refractivity (Wildman–Crippen MR) is 79.7 cm³/mol. The van der Waals surface area contributed by atoms with E-state index in [2.05, 4.69) is 35.3 Å². The average Bonchev–Trinajstić information content (AvgIpc) is 2.43. The molecule has 0 bridgehead atoms. The van der Waals surface area contributed by atoms with E-state index in [0.717, 1.165) is 25.4 Å². The quantitative estimate of drug-likeness (QED) is 0.853. The molecule has 0 atom stereocenters. The standard InChI is InChI=1S/C16H26N2O/c1-14-6-7-16(15(12-14)13-17-2)19-11-10-18-8-4-3-5-9-18/h6-7,12,17H,3-5,8-11,13H2,1-2H3. The summed E-state index contributed by atoms with van der Waals surface area (Å²) in [5.41, 5.74) is 2.54. The number of hydrogen-bond donors (Lipinski definition) is 1. The van der Waals surface area contributed by atoms with E-state index in [1.807, 2.05) is 7.05 Å². The van der Waals surface area contributed by atoms with Crippen molar-refractivity contribution in [2.75, 3.05) is 33.3 Å². The summed E-state index contributed by atoms with van der Waals surface area (Å²) >= 11 is 0. The highest BCUT2D eigenvalue weighted by Crippen LogP contribution is 2.20. The monoisotopic (exact) mass is 262 g/mol. The average molecular weight is 262 g/mol. The molecule has 0 radical (unpaired) electrons. The Balaban J connectivity index is 1.84. The lowest BCUT2D eigenvalue weighted by atomic mass is 10.1. The highest BCUT2D eigenvalue weighted by atomic mass is 16.5. The number of nitrogens with one attached hydrogen (secondary N) is 1. The molecule has 3 heteroatoms. The molecule has 3 nitrogen and oxygen atoms in total. The zero-order chi connectivity index (χ0) is 13.5. The summed E-state index contributed by atoms with van der Waals surface area (Å²) in [6.45, 7) is 7.30. The Bertz CT molecular complexity index is 386. The van der Waals surface area contributed by atoms with Gasteiger partial charge < -0.3 is 10.1 Å². The first-order valence-corrected chi connectivity index (χ1v) is 7.39. The second-order valence-electron chi connectivity index (χ2n) is 5.39. The lowest BCUT2D eigenvalue weighted by Gasteiger charge is -2.26. The van der Waals surface area contributed by atoms with Crippen LogP contribution in [0.2, 0.25) is 0 Å². The number of nitrogens with zero attached hydrogens (tertiary/aromatic N) is 1. The van der Waals surface area contributed by atoms with Crippen molar-refractivity contribution in [2.45, 2.75) is 32.7 Å². The van der Waals surface area contributed by atoms with Crippen LogP contribution in [0.1, 0.15) is 30.4 Å². The van der Waals surface area contributed by atoms with E-state index in [4.69, 9.17) is 4.74 Å². The minimum atomic E-state index is 0.791. The van der Waals surface area contributed by atoms with E-state index < -0.39 is 0 Å². The number of hydrogen-bond acceptors (Lipinski definition) is 3. The van der Waals surface area contributed by atoms with Gasteiger partial charge >= 0.3 is 0 Å². The summed E-state index contributed by atoms with van der Waals surface area (Å²) in [7, 11) is 1.97. The summed E-state index contributed by atoms with van der Waals surface area (Å²) in [6, 6.07) is 6.42. The van der Waals surface area contributed by atoms with Crippen molar-refractivity contribution in [1.82, 2.24) is 10.2 Å². The van der Waals surface area contributed by atoms with Gasteiger partial charge in [-0.25, -0.2) is 0 Å². The summed E-state index contributed by atoms with van der Waals surface area (Å²) in [5.74, 6) is 1.02. The van der Waals surface area contributed by atoms with Crippen LogP contribution in [0.25, 0.3) is 0 Å². The van der Waals surface area contributed by atoms with Gasteiger partial charge in [-0.2, -0.15) is 0 Å². The molecule has 106 valence electrons. The summed E-state index contributed by atoms with van der Waals surface area (Å²) < 4.78 is 5.97. The van der Waals surface area contributed by atoms with Gasteiger partial charge in [0.2, 0.25) is 0 Å². The molecular weight excluding hydrogens is 236 g/mol. The number of ether oxygens (including phenoxy) is 1. The number of rotatable bonds is 6. The van der Waals surface area contributed by atoms with Gasteiger partial charge in [0.05, 0.1) is 0 Å². The third-order valence-corrected chi connectivity index (χ3v) is 3.70.